The van der Waals surface area contributed by atoms with Gasteiger partial charge in [0.05, 0.1) is 0 Å². The molecule has 0 rings (SSSR count). The lowest BCUT2D eigenvalue weighted by Gasteiger charge is -2.29. The van der Waals surface area contributed by atoms with Gasteiger partial charge < -0.3 is 10.1 Å². The Morgan fingerprint density at radius 3 is 2.38 bits per heavy atom. The van der Waals surface area contributed by atoms with Crippen LogP contribution in [0.3, 0.4) is 0 Å². The summed E-state index contributed by atoms with van der Waals surface area (Å²) in [5, 5.41) is 3.30. The predicted molar refractivity (Wildman–Crippen MR) is 71.8 cm³/mol. The molecule has 1 atom stereocenters. The van der Waals surface area contributed by atoms with E-state index in [4.69, 9.17) is 4.74 Å². The highest BCUT2D eigenvalue weighted by Gasteiger charge is 2.21. The van der Waals surface area contributed by atoms with Crippen molar-refractivity contribution in [1.29, 1.82) is 0 Å². The van der Waals surface area contributed by atoms with Gasteiger partial charge in [0.25, 0.3) is 0 Å². The zero-order chi connectivity index (χ0) is 12.4. The Bertz CT molecular complexity index is 151. The van der Waals surface area contributed by atoms with Crippen LogP contribution in [0.25, 0.3) is 0 Å². The molecule has 0 aliphatic rings. The van der Waals surface area contributed by atoms with Crippen LogP contribution in [0.2, 0.25) is 0 Å². The van der Waals surface area contributed by atoms with Gasteiger partial charge in [-0.1, -0.05) is 34.1 Å². The van der Waals surface area contributed by atoms with Crippen molar-refractivity contribution >= 4 is 0 Å². The lowest BCUT2D eigenvalue weighted by Crippen LogP contribution is -2.31. The van der Waals surface area contributed by atoms with Crippen molar-refractivity contribution in [2.45, 2.75) is 53.4 Å². The highest BCUT2D eigenvalue weighted by Crippen LogP contribution is 2.26. The molecule has 0 saturated carbocycles. The van der Waals surface area contributed by atoms with Crippen LogP contribution in [0.5, 0.6) is 0 Å². The zero-order valence-electron chi connectivity index (χ0n) is 11.9. The fraction of sp³-hybridized carbons (Fsp3) is 1.00. The minimum absolute atomic E-state index is 0.404. The normalized spacial score (nSPS) is 15.4. The maximum Gasteiger partial charge on any atom is 0.0471 e. The second-order valence-electron chi connectivity index (χ2n) is 5.64. The molecule has 0 aliphatic heterocycles. The second kappa shape index (κ2) is 9.00. The summed E-state index contributed by atoms with van der Waals surface area (Å²) in [4.78, 5) is 0. The molecule has 0 spiro atoms. The Balaban J connectivity index is 3.67. The van der Waals surface area contributed by atoms with E-state index in [9.17, 15) is 0 Å². The summed E-state index contributed by atoms with van der Waals surface area (Å²) in [5.74, 6) is 0.749. The van der Waals surface area contributed by atoms with Crippen LogP contribution in [-0.4, -0.2) is 26.8 Å². The molecule has 0 radical (unpaired) electrons. The van der Waals surface area contributed by atoms with Gasteiger partial charge in [-0.2, -0.15) is 0 Å². The van der Waals surface area contributed by atoms with Crippen LogP contribution in [0.4, 0.5) is 0 Å². The lowest BCUT2D eigenvalue weighted by atomic mass is 9.82. The molecule has 0 heterocycles. The van der Waals surface area contributed by atoms with E-state index in [0.717, 1.165) is 25.7 Å². The smallest absolute Gasteiger partial charge is 0.0471 e. The molecular formula is C14H31NO. The molecule has 0 aromatic heterocycles. The van der Waals surface area contributed by atoms with Crippen molar-refractivity contribution in [2.75, 3.05) is 26.8 Å². The number of rotatable bonds is 10. The molecule has 0 bridgehead atoms. The molecule has 0 aliphatic carbocycles. The standard InChI is InChI=1S/C14H31NO/c1-6-8-14(4,12-15-5)9-11-16-10-7-13(2)3/h13,15H,6-12H2,1-5H3. The summed E-state index contributed by atoms with van der Waals surface area (Å²) >= 11 is 0. The lowest BCUT2D eigenvalue weighted by molar-refractivity contribution is 0.0882. The van der Waals surface area contributed by atoms with Gasteiger partial charge >= 0.3 is 0 Å². The minimum atomic E-state index is 0.404. The summed E-state index contributed by atoms with van der Waals surface area (Å²) in [5.41, 5.74) is 0.404. The van der Waals surface area contributed by atoms with Crippen molar-refractivity contribution in [3.63, 3.8) is 0 Å². The molecule has 0 aromatic rings. The number of hydrogen-bond donors (Lipinski definition) is 1. The molecule has 98 valence electrons. The summed E-state index contributed by atoms with van der Waals surface area (Å²) in [6, 6.07) is 0. The van der Waals surface area contributed by atoms with Gasteiger partial charge in [-0.15, -0.1) is 0 Å². The first-order chi connectivity index (χ1) is 7.54. The minimum Gasteiger partial charge on any atom is -0.381 e. The largest absolute Gasteiger partial charge is 0.381 e. The van der Waals surface area contributed by atoms with E-state index in [1.807, 2.05) is 7.05 Å². The molecule has 0 amide bonds. The molecule has 2 nitrogen and oxygen atoms in total. The van der Waals surface area contributed by atoms with Crippen LogP contribution < -0.4 is 5.32 Å². The van der Waals surface area contributed by atoms with Crippen LogP contribution >= 0.6 is 0 Å². The molecule has 1 N–H and O–H groups in total. The Morgan fingerprint density at radius 2 is 1.88 bits per heavy atom. The van der Waals surface area contributed by atoms with Gasteiger partial charge in [0.2, 0.25) is 0 Å². The van der Waals surface area contributed by atoms with Crippen LogP contribution in [0.15, 0.2) is 0 Å². The van der Waals surface area contributed by atoms with Crippen LogP contribution in [0.1, 0.15) is 53.4 Å². The highest BCUT2D eigenvalue weighted by atomic mass is 16.5. The average molecular weight is 229 g/mol. The van der Waals surface area contributed by atoms with Gasteiger partial charge in [0.1, 0.15) is 0 Å². The number of hydrogen-bond acceptors (Lipinski definition) is 2. The van der Waals surface area contributed by atoms with E-state index in [-0.39, 0.29) is 0 Å². The zero-order valence-corrected chi connectivity index (χ0v) is 11.9. The summed E-state index contributed by atoms with van der Waals surface area (Å²) < 4.78 is 5.71. The second-order valence-corrected chi connectivity index (χ2v) is 5.64. The predicted octanol–water partition coefficient (Wildman–Crippen LogP) is 3.47. The summed E-state index contributed by atoms with van der Waals surface area (Å²) in [6.07, 6.45) is 4.88. The molecule has 0 aromatic carbocycles. The van der Waals surface area contributed by atoms with Gasteiger partial charge in [-0.3, -0.25) is 0 Å². The molecule has 16 heavy (non-hydrogen) atoms. The van der Waals surface area contributed by atoms with Gasteiger partial charge in [0, 0.05) is 19.8 Å². The van der Waals surface area contributed by atoms with E-state index < -0.39 is 0 Å². The molecule has 1 unspecified atom stereocenters. The highest BCUT2D eigenvalue weighted by molar-refractivity contribution is 4.75. The van der Waals surface area contributed by atoms with E-state index in [2.05, 4.69) is 33.0 Å². The van der Waals surface area contributed by atoms with Crippen LogP contribution in [-0.2, 0) is 4.74 Å². The van der Waals surface area contributed by atoms with E-state index in [1.54, 1.807) is 0 Å². The fourth-order valence-electron chi connectivity index (χ4n) is 2.07. The molecule has 2 heteroatoms. The number of ether oxygens (including phenoxy) is 1. The molecule has 0 saturated heterocycles. The Kier molecular flexibility index (Phi) is 8.96. The quantitative estimate of drug-likeness (QED) is 0.579. The van der Waals surface area contributed by atoms with Gasteiger partial charge in [-0.25, -0.2) is 0 Å². The first-order valence-corrected chi connectivity index (χ1v) is 6.76. The first kappa shape index (κ1) is 15.9. The first-order valence-electron chi connectivity index (χ1n) is 6.76. The molecular weight excluding hydrogens is 198 g/mol. The van der Waals surface area contributed by atoms with E-state index >= 15 is 0 Å². The topological polar surface area (TPSA) is 21.3 Å². The van der Waals surface area contributed by atoms with E-state index in [0.29, 0.717) is 5.41 Å². The van der Waals surface area contributed by atoms with Crippen LogP contribution in [0, 0.1) is 11.3 Å². The Labute approximate surface area is 102 Å². The third-order valence-electron chi connectivity index (χ3n) is 3.15. The van der Waals surface area contributed by atoms with Crippen molar-refractivity contribution in [3.05, 3.63) is 0 Å². The average Bonchev–Trinajstić information content (AvgIpc) is 2.17. The maximum atomic E-state index is 5.71. The van der Waals surface area contributed by atoms with Gasteiger partial charge in [-0.05, 0) is 37.6 Å². The van der Waals surface area contributed by atoms with Crippen molar-refractivity contribution in [2.24, 2.45) is 11.3 Å². The monoisotopic (exact) mass is 229 g/mol. The van der Waals surface area contributed by atoms with Crippen molar-refractivity contribution in [3.8, 4) is 0 Å². The summed E-state index contributed by atoms with van der Waals surface area (Å²) in [7, 11) is 2.04. The SMILES string of the molecule is CCCC(C)(CCOCCC(C)C)CNC. The molecule has 0 fully saturated rings. The van der Waals surface area contributed by atoms with Gasteiger partial charge in [0.15, 0.2) is 0 Å². The summed E-state index contributed by atoms with van der Waals surface area (Å²) in [6.45, 7) is 12.0. The number of nitrogens with one attached hydrogen (secondary N) is 1. The van der Waals surface area contributed by atoms with Crippen molar-refractivity contribution in [1.82, 2.24) is 5.32 Å². The third-order valence-corrected chi connectivity index (χ3v) is 3.15. The Morgan fingerprint density at radius 1 is 1.19 bits per heavy atom. The maximum absolute atomic E-state index is 5.71. The van der Waals surface area contributed by atoms with E-state index in [1.165, 1.54) is 25.7 Å². The fourth-order valence-corrected chi connectivity index (χ4v) is 2.07. The Hall–Kier alpha value is -0.0800. The van der Waals surface area contributed by atoms with Crippen molar-refractivity contribution < 1.29 is 4.74 Å². The third kappa shape index (κ3) is 8.12.